The molecular weight excluding hydrogens is 688 g/mol. The number of aromatic nitrogens is 1. The molecule has 0 bridgehead atoms. The van der Waals surface area contributed by atoms with Gasteiger partial charge in [-0.2, -0.15) is 0 Å². The number of benzene rings is 2. The second kappa shape index (κ2) is 9.78. The first-order chi connectivity index (χ1) is 13.4. The number of carbonyl (C=O) groups is 1. The van der Waals surface area contributed by atoms with Crippen molar-refractivity contribution in [3.63, 3.8) is 0 Å². The van der Waals surface area contributed by atoms with Crippen molar-refractivity contribution in [3.8, 4) is 17.0 Å². The zero-order valence-corrected chi connectivity index (χ0v) is 21.8. The molecule has 2 N–H and O–H groups in total. The van der Waals surface area contributed by atoms with Gasteiger partial charge in [0.15, 0.2) is 10.2 Å². The molecule has 0 aliphatic rings. The molecule has 0 radical (unpaired) electrons. The molecular formula is C18H12BrI2N3O2S2. The molecule has 0 aliphatic carbocycles. The monoisotopic (exact) mass is 699 g/mol. The Labute approximate surface area is 207 Å². The number of methoxy groups -OCH3 is 1. The topological polar surface area (TPSA) is 63.2 Å². The molecule has 5 nitrogen and oxygen atoms in total. The van der Waals surface area contributed by atoms with Gasteiger partial charge in [0, 0.05) is 18.1 Å². The van der Waals surface area contributed by atoms with Crippen LogP contribution in [0, 0.1) is 7.14 Å². The standard InChI is InChI=1S/C18H12BrI2N3O2S2/c1-26-15-5-2-9(6-12(15)19)14-8-28-18(22-14)24-17(27)23-16(25)11-7-10(20)3-4-13(11)21/h2-8H,1H3,(H2,22,23,24,25,27). The maximum Gasteiger partial charge on any atom is 0.258 e. The van der Waals surface area contributed by atoms with Gasteiger partial charge in [-0.3, -0.25) is 10.1 Å². The highest BCUT2D eigenvalue weighted by atomic mass is 127. The van der Waals surface area contributed by atoms with Crippen LogP contribution in [0.1, 0.15) is 10.4 Å². The smallest absolute Gasteiger partial charge is 0.258 e. The largest absolute Gasteiger partial charge is 0.496 e. The minimum absolute atomic E-state index is 0.205. The first-order valence-electron chi connectivity index (χ1n) is 7.74. The van der Waals surface area contributed by atoms with Crippen molar-refractivity contribution in [1.29, 1.82) is 0 Å². The van der Waals surface area contributed by atoms with E-state index in [1.54, 1.807) is 7.11 Å². The molecule has 0 spiro atoms. The van der Waals surface area contributed by atoms with Crippen LogP contribution < -0.4 is 15.4 Å². The van der Waals surface area contributed by atoms with E-state index >= 15 is 0 Å². The highest BCUT2D eigenvalue weighted by molar-refractivity contribution is 14.1. The molecule has 3 rings (SSSR count). The first kappa shape index (κ1) is 21.9. The summed E-state index contributed by atoms with van der Waals surface area (Å²) in [7, 11) is 1.62. The molecule has 0 fully saturated rings. The minimum atomic E-state index is -0.253. The molecule has 2 aromatic carbocycles. The average Bonchev–Trinajstić information content (AvgIpc) is 3.11. The number of hydrogen-bond donors (Lipinski definition) is 2. The molecule has 144 valence electrons. The van der Waals surface area contributed by atoms with Gasteiger partial charge in [0.05, 0.1) is 22.8 Å². The fraction of sp³-hybridized carbons (Fsp3) is 0.0556. The SMILES string of the molecule is COc1ccc(-c2csc(NC(=S)NC(=O)c3cc(I)ccc3I)n2)cc1Br. The summed E-state index contributed by atoms with van der Waals surface area (Å²) in [6.07, 6.45) is 0. The zero-order valence-electron chi connectivity index (χ0n) is 14.3. The highest BCUT2D eigenvalue weighted by Gasteiger charge is 2.14. The van der Waals surface area contributed by atoms with Crippen LogP contribution >= 0.6 is 84.7 Å². The molecule has 3 aromatic rings. The van der Waals surface area contributed by atoms with Gasteiger partial charge < -0.3 is 10.1 Å². The molecule has 1 aromatic heterocycles. The highest BCUT2D eigenvalue weighted by Crippen LogP contribution is 2.32. The lowest BCUT2D eigenvalue weighted by atomic mass is 10.2. The number of hydrogen-bond acceptors (Lipinski definition) is 5. The Morgan fingerprint density at radius 1 is 1.25 bits per heavy atom. The van der Waals surface area contributed by atoms with E-state index in [9.17, 15) is 4.79 Å². The number of rotatable bonds is 4. The van der Waals surface area contributed by atoms with E-state index in [1.165, 1.54) is 11.3 Å². The number of carbonyl (C=O) groups excluding carboxylic acids is 1. The fourth-order valence-electron chi connectivity index (χ4n) is 2.26. The van der Waals surface area contributed by atoms with Crippen molar-refractivity contribution in [2.24, 2.45) is 0 Å². The van der Waals surface area contributed by atoms with Crippen LogP contribution in [-0.2, 0) is 0 Å². The quantitative estimate of drug-likeness (QED) is 0.262. The summed E-state index contributed by atoms with van der Waals surface area (Å²) in [4.78, 5) is 17.0. The molecule has 1 amide bonds. The normalized spacial score (nSPS) is 10.4. The number of nitrogens with one attached hydrogen (secondary N) is 2. The summed E-state index contributed by atoms with van der Waals surface area (Å²) >= 11 is 14.4. The van der Waals surface area contributed by atoms with Crippen LogP contribution in [0.5, 0.6) is 5.75 Å². The first-order valence-corrected chi connectivity index (χ1v) is 12.0. The third-order valence-corrected chi connectivity index (χ3v) is 6.77. The van der Waals surface area contributed by atoms with Crippen molar-refractivity contribution in [3.05, 3.63) is 59.0 Å². The van der Waals surface area contributed by atoms with E-state index in [1.807, 2.05) is 41.8 Å². The molecule has 0 aliphatic heterocycles. The van der Waals surface area contributed by atoms with Crippen molar-refractivity contribution in [2.75, 3.05) is 12.4 Å². The van der Waals surface area contributed by atoms with Gasteiger partial charge in [-0.1, -0.05) is 0 Å². The summed E-state index contributed by atoms with van der Waals surface area (Å²) in [5.41, 5.74) is 2.33. The van der Waals surface area contributed by atoms with Gasteiger partial charge in [0.25, 0.3) is 5.91 Å². The number of nitrogens with zero attached hydrogens (tertiary/aromatic N) is 1. The minimum Gasteiger partial charge on any atom is -0.496 e. The lowest BCUT2D eigenvalue weighted by molar-refractivity contribution is 0.0977. The number of anilines is 1. The molecule has 1 heterocycles. The average molecular weight is 700 g/mol. The lowest BCUT2D eigenvalue weighted by Crippen LogP contribution is -2.34. The summed E-state index contributed by atoms with van der Waals surface area (Å²) in [5.74, 6) is 0.503. The maximum atomic E-state index is 12.5. The zero-order chi connectivity index (χ0) is 20.3. The van der Waals surface area contributed by atoms with Crippen molar-refractivity contribution in [1.82, 2.24) is 10.3 Å². The molecule has 28 heavy (non-hydrogen) atoms. The van der Waals surface area contributed by atoms with E-state index in [4.69, 9.17) is 17.0 Å². The van der Waals surface area contributed by atoms with Gasteiger partial charge in [0.1, 0.15) is 5.75 Å². The summed E-state index contributed by atoms with van der Waals surface area (Å²) in [6, 6.07) is 11.4. The van der Waals surface area contributed by atoms with E-state index in [-0.39, 0.29) is 11.0 Å². The van der Waals surface area contributed by atoms with E-state index in [2.05, 4.69) is 76.7 Å². The molecule has 0 unspecified atom stereocenters. The number of thiazole rings is 1. The van der Waals surface area contributed by atoms with E-state index in [0.29, 0.717) is 10.7 Å². The van der Waals surface area contributed by atoms with Gasteiger partial charge in [0.2, 0.25) is 0 Å². The van der Waals surface area contributed by atoms with E-state index < -0.39 is 0 Å². The van der Waals surface area contributed by atoms with E-state index in [0.717, 1.165) is 28.6 Å². The third kappa shape index (κ3) is 5.40. The Balaban J connectivity index is 1.68. The Bertz CT molecular complexity index is 1060. The lowest BCUT2D eigenvalue weighted by Gasteiger charge is -2.09. The number of amides is 1. The molecule has 0 saturated carbocycles. The predicted octanol–water partition coefficient (Wildman–Crippen LogP) is 5.92. The summed E-state index contributed by atoms with van der Waals surface area (Å²) in [6.45, 7) is 0. The number of thiocarbonyl (C=S) groups is 1. The van der Waals surface area contributed by atoms with Crippen LogP contribution in [0.2, 0.25) is 0 Å². The number of halogens is 3. The summed E-state index contributed by atoms with van der Waals surface area (Å²) in [5, 5.41) is 8.40. The molecule has 0 saturated heterocycles. The Morgan fingerprint density at radius 3 is 2.75 bits per heavy atom. The Kier molecular flexibility index (Phi) is 7.64. The van der Waals surface area contributed by atoms with Crippen molar-refractivity contribution in [2.45, 2.75) is 0 Å². The fourth-order valence-corrected chi connectivity index (χ4v) is 4.85. The second-order valence-electron chi connectivity index (χ2n) is 5.42. The van der Waals surface area contributed by atoms with Crippen LogP contribution in [0.3, 0.4) is 0 Å². The molecule has 0 atom stereocenters. The number of ether oxygens (including phenoxy) is 1. The maximum absolute atomic E-state index is 12.5. The van der Waals surface area contributed by atoms with Crippen LogP contribution in [0.4, 0.5) is 5.13 Å². The Hall–Kier alpha value is -0.830. The second-order valence-corrected chi connectivity index (χ2v) is 9.95. The van der Waals surface area contributed by atoms with Crippen LogP contribution in [-0.4, -0.2) is 23.1 Å². The Morgan fingerprint density at radius 2 is 2.04 bits per heavy atom. The summed E-state index contributed by atoms with van der Waals surface area (Å²) < 4.78 is 7.94. The van der Waals surface area contributed by atoms with Gasteiger partial charge in [-0.05, 0) is 110 Å². The predicted molar refractivity (Wildman–Crippen MR) is 137 cm³/mol. The van der Waals surface area contributed by atoms with Gasteiger partial charge in [-0.25, -0.2) is 4.98 Å². The van der Waals surface area contributed by atoms with Crippen LogP contribution in [0.15, 0.2) is 46.3 Å². The van der Waals surface area contributed by atoms with Crippen LogP contribution in [0.25, 0.3) is 11.3 Å². The van der Waals surface area contributed by atoms with Crippen molar-refractivity contribution >= 4 is 101 Å². The third-order valence-electron chi connectivity index (χ3n) is 3.57. The van der Waals surface area contributed by atoms with Gasteiger partial charge >= 0.3 is 0 Å². The van der Waals surface area contributed by atoms with Crippen molar-refractivity contribution < 1.29 is 9.53 Å². The molecule has 10 heteroatoms. The van der Waals surface area contributed by atoms with Gasteiger partial charge in [-0.15, -0.1) is 11.3 Å².